The van der Waals surface area contributed by atoms with Crippen molar-refractivity contribution < 1.29 is 15.0 Å². The predicted molar refractivity (Wildman–Crippen MR) is 82.3 cm³/mol. The minimum absolute atomic E-state index is 0.0672. The number of carbonyl (C=O) groups is 1. The smallest absolute Gasteiger partial charge is 0.335 e. The summed E-state index contributed by atoms with van der Waals surface area (Å²) in [5.41, 5.74) is 2.66. The maximum atomic E-state index is 10.9. The van der Waals surface area contributed by atoms with Gasteiger partial charge in [0.25, 0.3) is 0 Å². The highest BCUT2D eigenvalue weighted by Crippen LogP contribution is 2.37. The first-order chi connectivity index (χ1) is 10.6. The number of fused-ring (bicyclic) bond motifs is 1. The lowest BCUT2D eigenvalue weighted by Gasteiger charge is -1.96. The Labute approximate surface area is 125 Å². The summed E-state index contributed by atoms with van der Waals surface area (Å²) in [5, 5.41) is 27.8. The van der Waals surface area contributed by atoms with Crippen LogP contribution < -0.4 is 0 Å². The van der Waals surface area contributed by atoms with E-state index in [-0.39, 0.29) is 11.4 Å². The van der Waals surface area contributed by atoms with E-state index < -0.39 is 5.97 Å². The Morgan fingerprint density at radius 3 is 2.68 bits per heavy atom. The van der Waals surface area contributed by atoms with Crippen molar-refractivity contribution >= 4 is 28.2 Å². The van der Waals surface area contributed by atoms with Gasteiger partial charge < -0.3 is 15.2 Å². The Bertz CT molecular complexity index is 897. The van der Waals surface area contributed by atoms with Crippen LogP contribution in [0.2, 0.25) is 0 Å². The molecule has 0 aliphatic heterocycles. The van der Waals surface area contributed by atoms with E-state index in [1.54, 1.807) is 12.1 Å². The maximum Gasteiger partial charge on any atom is 0.335 e. The molecule has 0 atom stereocenters. The normalized spacial score (nSPS) is 11.3. The molecule has 6 nitrogen and oxygen atoms in total. The number of carboxylic acid groups (broad SMARTS) is 1. The fraction of sp³-hybridized carbons (Fsp3) is 0.0625. The Kier molecular flexibility index (Phi) is 3.34. The zero-order valence-corrected chi connectivity index (χ0v) is 11.7. The summed E-state index contributed by atoms with van der Waals surface area (Å²) in [5.74, 6) is -1.09. The number of hydrogen-bond donors (Lipinski definition) is 3. The van der Waals surface area contributed by atoms with Crippen LogP contribution in [0.4, 0.5) is 11.4 Å². The summed E-state index contributed by atoms with van der Waals surface area (Å²) in [6.45, 7) is 1.93. The van der Waals surface area contributed by atoms with E-state index in [9.17, 15) is 9.90 Å². The van der Waals surface area contributed by atoms with Crippen molar-refractivity contribution in [1.82, 2.24) is 4.98 Å². The number of rotatable bonds is 3. The van der Waals surface area contributed by atoms with Crippen molar-refractivity contribution in [2.75, 3.05) is 0 Å². The lowest BCUT2D eigenvalue weighted by atomic mass is 10.1. The summed E-state index contributed by atoms with van der Waals surface area (Å²) < 4.78 is 0. The number of carboxylic acids is 1. The molecule has 3 N–H and O–H groups in total. The molecule has 0 fully saturated rings. The molecule has 2 aromatic carbocycles. The monoisotopic (exact) mass is 295 g/mol. The first kappa shape index (κ1) is 13.8. The Morgan fingerprint density at radius 1 is 1.14 bits per heavy atom. The van der Waals surface area contributed by atoms with Crippen LogP contribution in [0.5, 0.6) is 5.88 Å². The van der Waals surface area contributed by atoms with Gasteiger partial charge in [-0.2, -0.15) is 5.11 Å². The van der Waals surface area contributed by atoms with Crippen LogP contribution >= 0.6 is 0 Å². The van der Waals surface area contributed by atoms with E-state index in [0.717, 1.165) is 16.5 Å². The molecule has 0 aliphatic rings. The highest BCUT2D eigenvalue weighted by Gasteiger charge is 2.11. The molecule has 3 aromatic rings. The minimum atomic E-state index is -1.03. The van der Waals surface area contributed by atoms with Crippen molar-refractivity contribution in [1.29, 1.82) is 0 Å². The second-order valence-corrected chi connectivity index (χ2v) is 4.88. The summed E-state index contributed by atoms with van der Waals surface area (Å²) in [6, 6.07) is 11.8. The standard InChI is InChI=1S/C16H13N3O3/c1-9-4-2-7-12-13(9)17-15(20)14(12)19-18-11-6-3-5-10(8-11)16(21)22/h2-8,17,20H,1H3,(H,21,22). The lowest BCUT2D eigenvalue weighted by Crippen LogP contribution is -1.94. The van der Waals surface area contributed by atoms with E-state index in [2.05, 4.69) is 15.2 Å². The van der Waals surface area contributed by atoms with Gasteiger partial charge in [-0.15, -0.1) is 5.11 Å². The van der Waals surface area contributed by atoms with Crippen molar-refractivity contribution in [2.45, 2.75) is 6.92 Å². The summed E-state index contributed by atoms with van der Waals surface area (Å²) >= 11 is 0. The van der Waals surface area contributed by atoms with Gasteiger partial charge in [0.15, 0.2) is 5.69 Å². The average molecular weight is 295 g/mol. The number of aryl methyl sites for hydroxylation is 1. The second kappa shape index (κ2) is 5.33. The van der Waals surface area contributed by atoms with Gasteiger partial charge >= 0.3 is 5.97 Å². The molecule has 3 rings (SSSR count). The number of hydrogen-bond acceptors (Lipinski definition) is 4. The highest BCUT2D eigenvalue weighted by molar-refractivity contribution is 5.95. The highest BCUT2D eigenvalue weighted by atomic mass is 16.4. The number of aromatic amines is 1. The largest absolute Gasteiger partial charge is 0.493 e. The van der Waals surface area contributed by atoms with E-state index >= 15 is 0 Å². The summed E-state index contributed by atoms with van der Waals surface area (Å²) in [7, 11) is 0. The maximum absolute atomic E-state index is 10.9. The van der Waals surface area contributed by atoms with Gasteiger partial charge in [0, 0.05) is 5.39 Å². The Morgan fingerprint density at radius 2 is 1.91 bits per heavy atom. The molecule has 0 bridgehead atoms. The zero-order valence-electron chi connectivity index (χ0n) is 11.7. The molecular formula is C16H13N3O3. The molecule has 0 spiro atoms. The van der Waals surface area contributed by atoms with Crippen molar-refractivity contribution in [3.8, 4) is 5.88 Å². The summed E-state index contributed by atoms with van der Waals surface area (Å²) in [6.07, 6.45) is 0. The van der Waals surface area contributed by atoms with Gasteiger partial charge in [0.05, 0.1) is 16.8 Å². The number of H-pyrrole nitrogens is 1. The van der Waals surface area contributed by atoms with Crippen LogP contribution in [0.25, 0.3) is 10.9 Å². The predicted octanol–water partition coefficient (Wildman–Crippen LogP) is 4.30. The van der Waals surface area contributed by atoms with Crippen LogP contribution in [0.15, 0.2) is 52.7 Å². The number of aromatic nitrogens is 1. The van der Waals surface area contributed by atoms with Gasteiger partial charge in [-0.3, -0.25) is 0 Å². The molecular weight excluding hydrogens is 282 g/mol. The lowest BCUT2D eigenvalue weighted by molar-refractivity contribution is 0.0697. The molecule has 0 amide bonds. The average Bonchev–Trinajstić information content (AvgIpc) is 2.83. The van der Waals surface area contributed by atoms with Crippen LogP contribution in [-0.4, -0.2) is 21.2 Å². The quantitative estimate of drug-likeness (QED) is 0.628. The van der Waals surface area contributed by atoms with Crippen molar-refractivity contribution in [3.63, 3.8) is 0 Å². The number of benzene rings is 2. The summed E-state index contributed by atoms with van der Waals surface area (Å²) in [4.78, 5) is 13.8. The van der Waals surface area contributed by atoms with Crippen molar-refractivity contribution in [3.05, 3.63) is 53.6 Å². The zero-order chi connectivity index (χ0) is 15.7. The van der Waals surface area contributed by atoms with Gasteiger partial charge in [-0.05, 0) is 30.7 Å². The topological polar surface area (TPSA) is 98.0 Å². The first-order valence-corrected chi connectivity index (χ1v) is 6.61. The van der Waals surface area contributed by atoms with Gasteiger partial charge in [0.1, 0.15) is 0 Å². The molecule has 1 heterocycles. The van der Waals surface area contributed by atoms with Crippen LogP contribution in [0, 0.1) is 6.92 Å². The van der Waals surface area contributed by atoms with Crippen LogP contribution in [-0.2, 0) is 0 Å². The number of azo groups is 1. The fourth-order valence-corrected chi connectivity index (χ4v) is 2.25. The SMILES string of the molecule is Cc1cccc2c(N=Nc3cccc(C(=O)O)c3)c(O)[nH]c12. The third-order valence-electron chi connectivity index (χ3n) is 3.35. The third-order valence-corrected chi connectivity index (χ3v) is 3.35. The molecule has 110 valence electrons. The number of aromatic carboxylic acids is 1. The third kappa shape index (κ3) is 2.42. The van der Waals surface area contributed by atoms with Gasteiger partial charge in [-0.1, -0.05) is 24.3 Å². The Hall–Kier alpha value is -3.15. The molecule has 22 heavy (non-hydrogen) atoms. The van der Waals surface area contributed by atoms with E-state index in [1.807, 2.05) is 25.1 Å². The van der Waals surface area contributed by atoms with E-state index in [4.69, 9.17) is 5.11 Å². The number of nitrogens with one attached hydrogen (secondary N) is 1. The second-order valence-electron chi connectivity index (χ2n) is 4.88. The molecule has 0 unspecified atom stereocenters. The first-order valence-electron chi connectivity index (χ1n) is 6.61. The van der Waals surface area contributed by atoms with E-state index in [1.165, 1.54) is 12.1 Å². The molecule has 0 aliphatic carbocycles. The number of para-hydroxylation sites is 1. The van der Waals surface area contributed by atoms with E-state index in [0.29, 0.717) is 11.4 Å². The fourth-order valence-electron chi connectivity index (χ4n) is 2.25. The Balaban J connectivity index is 2.03. The molecule has 0 saturated heterocycles. The van der Waals surface area contributed by atoms with Gasteiger partial charge in [0.2, 0.25) is 5.88 Å². The van der Waals surface area contributed by atoms with Gasteiger partial charge in [-0.25, -0.2) is 4.79 Å². The molecule has 0 saturated carbocycles. The van der Waals surface area contributed by atoms with Crippen LogP contribution in [0.1, 0.15) is 15.9 Å². The molecule has 6 heteroatoms. The van der Waals surface area contributed by atoms with Crippen LogP contribution in [0.3, 0.4) is 0 Å². The molecule has 0 radical (unpaired) electrons. The van der Waals surface area contributed by atoms with Crippen molar-refractivity contribution in [2.24, 2.45) is 10.2 Å². The number of aromatic hydroxyl groups is 1. The minimum Gasteiger partial charge on any atom is -0.493 e. The number of nitrogens with zero attached hydrogens (tertiary/aromatic N) is 2. The molecule has 1 aromatic heterocycles.